The Morgan fingerprint density at radius 3 is 2.16 bits per heavy atom. The number of nitrogens with one attached hydrogen (secondary N) is 1. The van der Waals surface area contributed by atoms with Gasteiger partial charge in [-0.1, -0.05) is 36.4 Å². The van der Waals surface area contributed by atoms with Crippen LogP contribution in [0.5, 0.6) is 0 Å². The maximum Gasteiger partial charge on any atom is 0.417 e. The Balaban J connectivity index is 1.71. The summed E-state index contributed by atoms with van der Waals surface area (Å²) in [5.74, 6) is -0.661. The fourth-order valence-electron chi connectivity index (χ4n) is 2.80. The number of hydrogen-bond acceptors (Lipinski definition) is 4. The topological polar surface area (TPSA) is 78.8 Å². The molecule has 3 aromatic carbocycles. The third-order valence-corrected chi connectivity index (χ3v) is 6.33. The molecule has 1 N–H and O–H groups in total. The van der Waals surface area contributed by atoms with Crippen LogP contribution in [0.1, 0.15) is 21.5 Å². The smallest absolute Gasteiger partial charge is 0.269 e. The standard InChI is InChI=1S/C22H18F3N3O3S/c1-28(32(30,31)19-8-3-2-4-9-19)18-13-11-16(12-14-18)21(29)27-26-15-17-7-5-6-10-20(17)22(23,24)25/h2-15H,1H3,(H,27,29)/b26-15-. The second-order valence-electron chi connectivity index (χ2n) is 6.62. The van der Waals surface area contributed by atoms with Crippen LogP contribution in [0.25, 0.3) is 0 Å². The van der Waals surface area contributed by atoms with Crippen molar-refractivity contribution in [1.29, 1.82) is 0 Å². The molecule has 0 saturated heterocycles. The van der Waals surface area contributed by atoms with E-state index in [1.54, 1.807) is 18.2 Å². The summed E-state index contributed by atoms with van der Waals surface area (Å²) in [5, 5.41) is 3.60. The van der Waals surface area contributed by atoms with Gasteiger partial charge in [0.2, 0.25) is 0 Å². The third-order valence-electron chi connectivity index (χ3n) is 4.53. The highest BCUT2D eigenvalue weighted by atomic mass is 32.2. The van der Waals surface area contributed by atoms with Gasteiger partial charge in [0.15, 0.2) is 0 Å². The normalized spacial score (nSPS) is 12.0. The summed E-state index contributed by atoms with van der Waals surface area (Å²) in [6.07, 6.45) is -3.64. The molecule has 0 spiro atoms. The molecule has 166 valence electrons. The lowest BCUT2D eigenvalue weighted by Crippen LogP contribution is -2.26. The summed E-state index contributed by atoms with van der Waals surface area (Å²) < 4.78 is 65.4. The number of benzene rings is 3. The van der Waals surface area contributed by atoms with Crippen molar-refractivity contribution < 1.29 is 26.4 Å². The zero-order valence-corrected chi connectivity index (χ0v) is 17.6. The van der Waals surface area contributed by atoms with Crippen LogP contribution in [-0.2, 0) is 16.2 Å². The lowest BCUT2D eigenvalue weighted by Gasteiger charge is -2.19. The van der Waals surface area contributed by atoms with Gasteiger partial charge in [-0.05, 0) is 42.5 Å². The number of carbonyl (C=O) groups is 1. The minimum Gasteiger partial charge on any atom is -0.269 e. The van der Waals surface area contributed by atoms with E-state index >= 15 is 0 Å². The van der Waals surface area contributed by atoms with Gasteiger partial charge in [0.1, 0.15) is 0 Å². The summed E-state index contributed by atoms with van der Waals surface area (Å²) in [6.45, 7) is 0. The second kappa shape index (κ2) is 9.23. The number of sulfonamides is 1. The maximum atomic E-state index is 13.0. The maximum absolute atomic E-state index is 13.0. The zero-order valence-electron chi connectivity index (χ0n) is 16.7. The number of alkyl halides is 3. The zero-order chi connectivity index (χ0) is 23.4. The number of nitrogens with zero attached hydrogens (tertiary/aromatic N) is 2. The van der Waals surface area contributed by atoms with Gasteiger partial charge in [-0.25, -0.2) is 13.8 Å². The average molecular weight is 461 g/mol. The quantitative estimate of drug-likeness (QED) is 0.439. The van der Waals surface area contributed by atoms with Gasteiger partial charge < -0.3 is 0 Å². The molecule has 0 aromatic heterocycles. The van der Waals surface area contributed by atoms with Crippen molar-refractivity contribution in [3.63, 3.8) is 0 Å². The van der Waals surface area contributed by atoms with Crippen molar-refractivity contribution in [3.05, 3.63) is 95.6 Å². The van der Waals surface area contributed by atoms with Crippen LogP contribution >= 0.6 is 0 Å². The number of amides is 1. The third kappa shape index (κ3) is 5.14. The van der Waals surface area contributed by atoms with E-state index in [9.17, 15) is 26.4 Å². The predicted molar refractivity (Wildman–Crippen MR) is 115 cm³/mol. The highest BCUT2D eigenvalue weighted by molar-refractivity contribution is 7.92. The molecule has 6 nitrogen and oxygen atoms in total. The lowest BCUT2D eigenvalue weighted by molar-refractivity contribution is -0.137. The first-order valence-electron chi connectivity index (χ1n) is 9.24. The van der Waals surface area contributed by atoms with Crippen LogP contribution in [0.4, 0.5) is 18.9 Å². The van der Waals surface area contributed by atoms with Gasteiger partial charge in [-0.2, -0.15) is 18.3 Å². The monoisotopic (exact) mass is 461 g/mol. The van der Waals surface area contributed by atoms with Gasteiger partial charge in [-0.3, -0.25) is 9.10 Å². The van der Waals surface area contributed by atoms with E-state index in [1.807, 2.05) is 0 Å². The van der Waals surface area contributed by atoms with Gasteiger partial charge in [-0.15, -0.1) is 0 Å². The highest BCUT2D eigenvalue weighted by Crippen LogP contribution is 2.31. The van der Waals surface area contributed by atoms with Crippen LogP contribution in [0.3, 0.4) is 0 Å². The van der Waals surface area contributed by atoms with Gasteiger partial charge >= 0.3 is 6.18 Å². The van der Waals surface area contributed by atoms with Crippen molar-refractivity contribution in [2.24, 2.45) is 5.10 Å². The number of carbonyl (C=O) groups excluding carboxylic acids is 1. The van der Waals surface area contributed by atoms with Crippen LogP contribution in [0, 0.1) is 0 Å². The second-order valence-corrected chi connectivity index (χ2v) is 8.59. The minimum absolute atomic E-state index is 0.123. The Bertz CT molecular complexity index is 1230. The number of halogens is 3. The lowest BCUT2D eigenvalue weighted by atomic mass is 10.1. The Morgan fingerprint density at radius 2 is 1.53 bits per heavy atom. The molecule has 0 saturated carbocycles. The summed E-state index contributed by atoms with van der Waals surface area (Å²) >= 11 is 0. The highest BCUT2D eigenvalue weighted by Gasteiger charge is 2.32. The van der Waals surface area contributed by atoms with Crippen molar-refractivity contribution in [2.45, 2.75) is 11.1 Å². The molecule has 0 radical (unpaired) electrons. The summed E-state index contributed by atoms with van der Waals surface area (Å²) in [7, 11) is -2.38. The molecular weight excluding hydrogens is 443 g/mol. The van der Waals surface area contributed by atoms with Gasteiger partial charge in [0, 0.05) is 18.2 Å². The fourth-order valence-corrected chi connectivity index (χ4v) is 4.02. The van der Waals surface area contributed by atoms with E-state index in [-0.39, 0.29) is 16.0 Å². The van der Waals surface area contributed by atoms with Crippen molar-refractivity contribution >= 4 is 27.8 Å². The first-order chi connectivity index (χ1) is 15.1. The molecule has 3 aromatic rings. The van der Waals surface area contributed by atoms with Crippen molar-refractivity contribution in [3.8, 4) is 0 Å². The molecule has 1 amide bonds. The van der Waals surface area contributed by atoms with E-state index < -0.39 is 27.7 Å². The first-order valence-corrected chi connectivity index (χ1v) is 10.7. The molecule has 0 aliphatic rings. The van der Waals surface area contributed by atoms with Crippen LogP contribution < -0.4 is 9.73 Å². The van der Waals surface area contributed by atoms with Gasteiger partial charge in [0.25, 0.3) is 15.9 Å². The van der Waals surface area contributed by atoms with E-state index in [4.69, 9.17) is 0 Å². The minimum atomic E-state index is -4.55. The molecule has 0 aliphatic carbocycles. The molecule has 0 fully saturated rings. The molecule has 0 bridgehead atoms. The number of hydrazone groups is 1. The Labute approximate surface area is 183 Å². The number of anilines is 1. The molecule has 32 heavy (non-hydrogen) atoms. The molecule has 0 heterocycles. The summed E-state index contributed by atoms with van der Waals surface area (Å²) in [6, 6.07) is 18.4. The van der Waals surface area contributed by atoms with E-state index in [0.717, 1.165) is 16.6 Å². The number of hydrogen-bond donors (Lipinski definition) is 1. The SMILES string of the molecule is CN(c1ccc(C(=O)N/N=C\c2ccccc2C(F)(F)F)cc1)S(=O)(=O)c1ccccc1. The van der Waals surface area contributed by atoms with E-state index in [0.29, 0.717) is 5.69 Å². The van der Waals surface area contributed by atoms with Crippen LogP contribution in [0.15, 0.2) is 88.9 Å². The first kappa shape index (κ1) is 23.0. The summed E-state index contributed by atoms with van der Waals surface area (Å²) in [4.78, 5) is 12.4. The molecular formula is C22H18F3N3O3S. The predicted octanol–water partition coefficient (Wildman–Crippen LogP) is 4.29. The van der Waals surface area contributed by atoms with Crippen molar-refractivity contribution in [2.75, 3.05) is 11.4 Å². The van der Waals surface area contributed by atoms with E-state index in [2.05, 4.69) is 10.5 Å². The summed E-state index contributed by atoms with van der Waals surface area (Å²) in [5.41, 5.74) is 1.58. The van der Waals surface area contributed by atoms with Gasteiger partial charge in [0.05, 0.1) is 22.4 Å². The largest absolute Gasteiger partial charge is 0.417 e. The van der Waals surface area contributed by atoms with E-state index in [1.165, 1.54) is 61.6 Å². The molecule has 0 unspecified atom stereocenters. The van der Waals surface area contributed by atoms with Crippen LogP contribution in [0.2, 0.25) is 0 Å². The molecule has 0 aliphatic heterocycles. The Hall–Kier alpha value is -3.66. The molecule has 3 rings (SSSR count). The average Bonchev–Trinajstić information content (AvgIpc) is 2.79. The van der Waals surface area contributed by atoms with Crippen molar-refractivity contribution in [1.82, 2.24) is 5.43 Å². The Kier molecular flexibility index (Phi) is 6.64. The Morgan fingerprint density at radius 1 is 0.938 bits per heavy atom. The molecule has 0 atom stereocenters. The number of rotatable bonds is 6. The fraction of sp³-hybridized carbons (Fsp3) is 0.0909. The molecule has 10 heteroatoms. The van der Waals surface area contributed by atoms with Crippen LogP contribution in [-0.4, -0.2) is 27.6 Å².